The molecule has 0 bridgehead atoms. The minimum Gasteiger partial charge on any atom is -0.465 e. The minimum atomic E-state index is -0.474. The lowest BCUT2D eigenvalue weighted by Crippen LogP contribution is -2.17. The summed E-state index contributed by atoms with van der Waals surface area (Å²) in [6.45, 7) is 3.03. The summed E-state index contributed by atoms with van der Waals surface area (Å²) in [5.41, 5.74) is 0.794. The highest BCUT2D eigenvalue weighted by atomic mass is 16.5. The summed E-state index contributed by atoms with van der Waals surface area (Å²) in [5.74, 6) is -0.661. The molecule has 0 unspecified atom stereocenters. The number of benzene rings is 1. The second kappa shape index (κ2) is 8.26. The van der Waals surface area contributed by atoms with Crippen molar-refractivity contribution in [1.29, 1.82) is 0 Å². The van der Waals surface area contributed by atoms with Gasteiger partial charge in [0.15, 0.2) is 0 Å². The molecule has 0 aliphatic rings. The molecule has 1 rings (SSSR count). The van der Waals surface area contributed by atoms with Crippen LogP contribution in [-0.4, -0.2) is 32.2 Å². The molecule has 0 aliphatic carbocycles. The van der Waals surface area contributed by atoms with Gasteiger partial charge < -0.3 is 14.8 Å². The summed E-state index contributed by atoms with van der Waals surface area (Å²) in [6.07, 6.45) is 1.18. The van der Waals surface area contributed by atoms with Crippen LogP contribution in [0.4, 0.5) is 5.69 Å². The Morgan fingerprint density at radius 3 is 2.63 bits per heavy atom. The van der Waals surface area contributed by atoms with Crippen LogP contribution >= 0.6 is 0 Å². The first-order valence-electron chi connectivity index (χ1n) is 6.24. The molecular weight excluding hydrogens is 246 g/mol. The molecule has 5 nitrogen and oxygen atoms in total. The summed E-state index contributed by atoms with van der Waals surface area (Å²) in [5, 5.41) is 2.68. The molecule has 0 saturated heterocycles. The van der Waals surface area contributed by atoms with Crippen molar-refractivity contribution in [3.05, 3.63) is 29.8 Å². The van der Waals surface area contributed by atoms with Crippen molar-refractivity contribution in [3.63, 3.8) is 0 Å². The van der Waals surface area contributed by atoms with E-state index in [4.69, 9.17) is 4.74 Å². The molecule has 0 spiro atoms. The second-order valence-electron chi connectivity index (χ2n) is 3.95. The number of rotatable bonds is 7. The lowest BCUT2D eigenvalue weighted by molar-refractivity contribution is -0.117. The number of carbonyl (C=O) groups is 2. The number of methoxy groups -OCH3 is 1. The van der Waals surface area contributed by atoms with E-state index >= 15 is 0 Å². The number of hydrogen-bond donors (Lipinski definition) is 1. The smallest absolute Gasteiger partial charge is 0.339 e. The Hall–Kier alpha value is -1.88. The van der Waals surface area contributed by atoms with Crippen LogP contribution < -0.4 is 5.32 Å². The molecule has 0 aliphatic heterocycles. The number of para-hydroxylation sites is 1. The van der Waals surface area contributed by atoms with Crippen LogP contribution in [0, 0.1) is 0 Å². The summed E-state index contributed by atoms with van der Waals surface area (Å²) < 4.78 is 9.89. The van der Waals surface area contributed by atoms with Gasteiger partial charge in [-0.25, -0.2) is 4.79 Å². The van der Waals surface area contributed by atoms with Crippen LogP contribution in [0.5, 0.6) is 0 Å². The topological polar surface area (TPSA) is 64.6 Å². The highest BCUT2D eigenvalue weighted by Gasteiger charge is 2.12. The maximum absolute atomic E-state index is 11.7. The van der Waals surface area contributed by atoms with Crippen LogP contribution in [0.25, 0.3) is 0 Å². The number of anilines is 1. The molecule has 1 aromatic carbocycles. The van der Waals surface area contributed by atoms with Crippen LogP contribution in [0.3, 0.4) is 0 Å². The molecule has 19 heavy (non-hydrogen) atoms. The average Bonchev–Trinajstić information content (AvgIpc) is 2.43. The Kier molecular flexibility index (Phi) is 6.60. The van der Waals surface area contributed by atoms with Gasteiger partial charge in [0.25, 0.3) is 0 Å². The van der Waals surface area contributed by atoms with Gasteiger partial charge in [-0.1, -0.05) is 19.1 Å². The quantitative estimate of drug-likeness (QED) is 0.606. The molecule has 104 valence electrons. The molecule has 0 atom stereocenters. The van der Waals surface area contributed by atoms with Gasteiger partial charge in [-0.05, 0) is 18.6 Å². The summed E-state index contributed by atoms with van der Waals surface area (Å²) in [6, 6.07) is 6.73. The van der Waals surface area contributed by atoms with Crippen LogP contribution in [-0.2, 0) is 14.3 Å². The van der Waals surface area contributed by atoms with Gasteiger partial charge in [0, 0.05) is 6.61 Å². The third-order valence-corrected chi connectivity index (χ3v) is 2.43. The Labute approximate surface area is 112 Å². The highest BCUT2D eigenvalue weighted by molar-refractivity contribution is 6.01. The zero-order chi connectivity index (χ0) is 14.1. The Balaban J connectivity index is 2.56. The molecule has 1 N–H and O–H groups in total. The zero-order valence-corrected chi connectivity index (χ0v) is 11.3. The van der Waals surface area contributed by atoms with Gasteiger partial charge >= 0.3 is 5.97 Å². The molecule has 0 saturated carbocycles. The van der Waals surface area contributed by atoms with E-state index < -0.39 is 5.97 Å². The number of hydrogen-bond acceptors (Lipinski definition) is 4. The van der Waals surface area contributed by atoms with E-state index in [9.17, 15) is 9.59 Å². The first kappa shape index (κ1) is 15.2. The van der Waals surface area contributed by atoms with Crippen molar-refractivity contribution in [2.75, 3.05) is 25.6 Å². The van der Waals surface area contributed by atoms with Crippen molar-refractivity contribution in [2.45, 2.75) is 19.8 Å². The molecule has 5 heteroatoms. The molecular formula is C14H19NO4. The number of carbonyl (C=O) groups excluding carboxylic acids is 2. The van der Waals surface area contributed by atoms with Crippen LogP contribution in [0.2, 0.25) is 0 Å². The fraction of sp³-hybridized carbons (Fsp3) is 0.429. The Morgan fingerprint density at radius 2 is 1.95 bits per heavy atom. The third kappa shape index (κ3) is 5.09. The van der Waals surface area contributed by atoms with E-state index in [1.165, 1.54) is 7.11 Å². The van der Waals surface area contributed by atoms with Gasteiger partial charge in [0.05, 0.1) is 31.4 Å². The standard InChI is InChI=1S/C14H19NO4/c1-3-9-19-10-8-13(16)15-12-7-5-4-6-11(12)14(17)18-2/h4-7H,3,8-10H2,1-2H3,(H,15,16). The fourth-order valence-corrected chi connectivity index (χ4v) is 1.50. The number of ether oxygens (including phenoxy) is 2. The fourth-order valence-electron chi connectivity index (χ4n) is 1.50. The van der Waals surface area contributed by atoms with E-state index in [2.05, 4.69) is 10.1 Å². The largest absolute Gasteiger partial charge is 0.465 e. The maximum atomic E-state index is 11.7. The van der Waals surface area contributed by atoms with Crippen molar-refractivity contribution in [1.82, 2.24) is 0 Å². The van der Waals surface area contributed by atoms with E-state index in [-0.39, 0.29) is 12.3 Å². The second-order valence-corrected chi connectivity index (χ2v) is 3.95. The number of amides is 1. The Morgan fingerprint density at radius 1 is 1.21 bits per heavy atom. The van der Waals surface area contributed by atoms with E-state index in [1.54, 1.807) is 24.3 Å². The average molecular weight is 265 g/mol. The summed E-state index contributed by atoms with van der Waals surface area (Å²) >= 11 is 0. The van der Waals surface area contributed by atoms with Crippen molar-refractivity contribution in [3.8, 4) is 0 Å². The molecule has 0 radical (unpaired) electrons. The van der Waals surface area contributed by atoms with Gasteiger partial charge in [-0.15, -0.1) is 0 Å². The lowest BCUT2D eigenvalue weighted by atomic mass is 10.1. The van der Waals surface area contributed by atoms with Gasteiger partial charge in [-0.3, -0.25) is 4.79 Å². The lowest BCUT2D eigenvalue weighted by Gasteiger charge is -2.09. The van der Waals surface area contributed by atoms with Gasteiger partial charge in [0.2, 0.25) is 5.91 Å². The molecule has 0 fully saturated rings. The molecule has 1 amide bonds. The van der Waals surface area contributed by atoms with Crippen molar-refractivity contribution in [2.24, 2.45) is 0 Å². The first-order chi connectivity index (χ1) is 9.19. The number of esters is 1. The molecule has 0 heterocycles. The zero-order valence-electron chi connectivity index (χ0n) is 11.3. The van der Waals surface area contributed by atoms with Crippen LogP contribution in [0.1, 0.15) is 30.1 Å². The van der Waals surface area contributed by atoms with E-state index in [0.717, 1.165) is 6.42 Å². The third-order valence-electron chi connectivity index (χ3n) is 2.43. The van der Waals surface area contributed by atoms with Crippen molar-refractivity contribution >= 4 is 17.6 Å². The normalized spacial score (nSPS) is 10.0. The predicted octanol–water partition coefficient (Wildman–Crippen LogP) is 2.23. The van der Waals surface area contributed by atoms with Crippen LogP contribution in [0.15, 0.2) is 24.3 Å². The van der Waals surface area contributed by atoms with Gasteiger partial charge in [-0.2, -0.15) is 0 Å². The summed E-state index contributed by atoms with van der Waals surface area (Å²) in [4.78, 5) is 23.2. The Bertz CT molecular complexity index is 431. The number of nitrogens with one attached hydrogen (secondary N) is 1. The highest BCUT2D eigenvalue weighted by Crippen LogP contribution is 2.16. The molecule has 1 aromatic rings. The maximum Gasteiger partial charge on any atom is 0.339 e. The van der Waals surface area contributed by atoms with Gasteiger partial charge in [0.1, 0.15) is 0 Å². The predicted molar refractivity (Wildman–Crippen MR) is 72.1 cm³/mol. The SMILES string of the molecule is CCCOCCC(=O)Nc1ccccc1C(=O)OC. The first-order valence-corrected chi connectivity index (χ1v) is 6.24. The minimum absolute atomic E-state index is 0.188. The monoisotopic (exact) mass is 265 g/mol. The van der Waals surface area contributed by atoms with Crippen molar-refractivity contribution < 1.29 is 19.1 Å². The van der Waals surface area contributed by atoms with E-state index in [1.807, 2.05) is 6.92 Å². The summed E-state index contributed by atoms with van der Waals surface area (Å²) in [7, 11) is 1.31. The molecule has 0 aromatic heterocycles. The van der Waals surface area contributed by atoms with E-state index in [0.29, 0.717) is 24.5 Å².